The normalized spacial score (nSPS) is 29.4. The largest absolute Gasteiger partial charge is 0.389 e. The molecular weight excluding hydrogens is 219 g/mol. The van der Waals surface area contributed by atoms with Gasteiger partial charge >= 0.3 is 6.18 Å². The Morgan fingerprint density at radius 3 is 2.44 bits per heavy atom. The lowest BCUT2D eigenvalue weighted by Crippen LogP contribution is -2.48. The Morgan fingerprint density at radius 1 is 1.25 bits per heavy atom. The highest BCUT2D eigenvalue weighted by atomic mass is 19.4. The summed E-state index contributed by atoms with van der Waals surface area (Å²) in [6.07, 6.45) is -0.620. The maximum atomic E-state index is 12.4. The second-order valence-corrected chi connectivity index (χ2v) is 4.99. The van der Waals surface area contributed by atoms with Crippen molar-refractivity contribution >= 4 is 5.91 Å². The Bertz CT molecular complexity index is 281. The lowest BCUT2D eigenvalue weighted by molar-refractivity contribution is -0.149. The van der Waals surface area contributed by atoms with Gasteiger partial charge in [0, 0.05) is 18.4 Å². The summed E-state index contributed by atoms with van der Waals surface area (Å²) in [5, 5.41) is 2.80. The summed E-state index contributed by atoms with van der Waals surface area (Å²) in [4.78, 5) is 11.3. The van der Waals surface area contributed by atoms with Crippen LogP contribution in [0.15, 0.2) is 0 Å². The Hall–Kier alpha value is -0.740. The molecule has 1 aliphatic carbocycles. The van der Waals surface area contributed by atoms with Gasteiger partial charge in [0.1, 0.15) is 0 Å². The standard InChI is InChI=1S/C11H16F3NO/c12-11(13,14)7-8-6-9(16)15-10(8)4-2-1-3-5-10/h8H,1-7H2,(H,15,16). The van der Waals surface area contributed by atoms with Crippen molar-refractivity contribution in [1.29, 1.82) is 0 Å². The molecule has 2 fully saturated rings. The number of hydrogen-bond donors (Lipinski definition) is 1. The lowest BCUT2D eigenvalue weighted by atomic mass is 9.73. The van der Waals surface area contributed by atoms with Gasteiger partial charge in [0.25, 0.3) is 0 Å². The zero-order valence-electron chi connectivity index (χ0n) is 9.07. The highest BCUT2D eigenvalue weighted by molar-refractivity contribution is 5.80. The van der Waals surface area contributed by atoms with Crippen molar-refractivity contribution in [2.24, 2.45) is 5.92 Å². The van der Waals surface area contributed by atoms with Crippen molar-refractivity contribution in [2.45, 2.75) is 56.7 Å². The van der Waals surface area contributed by atoms with Gasteiger partial charge in [0.15, 0.2) is 0 Å². The predicted molar refractivity (Wildman–Crippen MR) is 52.7 cm³/mol. The molecule has 0 aromatic carbocycles. The molecule has 1 saturated heterocycles. The zero-order valence-corrected chi connectivity index (χ0v) is 9.07. The van der Waals surface area contributed by atoms with E-state index in [4.69, 9.17) is 0 Å². The van der Waals surface area contributed by atoms with Crippen LogP contribution < -0.4 is 5.32 Å². The average molecular weight is 235 g/mol. The third-order valence-electron chi connectivity index (χ3n) is 3.83. The van der Waals surface area contributed by atoms with Crippen LogP contribution in [0, 0.1) is 5.92 Å². The maximum absolute atomic E-state index is 12.4. The van der Waals surface area contributed by atoms with Gasteiger partial charge in [-0.05, 0) is 18.8 Å². The molecule has 1 heterocycles. The van der Waals surface area contributed by atoms with E-state index in [1.807, 2.05) is 0 Å². The minimum atomic E-state index is -4.17. The zero-order chi connectivity index (χ0) is 11.8. The Labute approximate surface area is 92.6 Å². The molecule has 2 rings (SSSR count). The van der Waals surface area contributed by atoms with E-state index >= 15 is 0 Å². The minimum Gasteiger partial charge on any atom is -0.350 e. The van der Waals surface area contributed by atoms with Crippen LogP contribution in [0.25, 0.3) is 0 Å². The van der Waals surface area contributed by atoms with Crippen LogP contribution >= 0.6 is 0 Å². The number of carbonyl (C=O) groups excluding carboxylic acids is 1. The first kappa shape index (κ1) is 11.7. The summed E-state index contributed by atoms with van der Waals surface area (Å²) in [5.41, 5.74) is -0.551. The summed E-state index contributed by atoms with van der Waals surface area (Å²) < 4.78 is 37.3. The molecule has 1 spiro atoms. The lowest BCUT2D eigenvalue weighted by Gasteiger charge is -2.38. The van der Waals surface area contributed by atoms with Crippen LogP contribution in [0.5, 0.6) is 0 Å². The van der Waals surface area contributed by atoms with E-state index < -0.39 is 24.1 Å². The van der Waals surface area contributed by atoms with Crippen LogP contribution in [0.4, 0.5) is 13.2 Å². The molecule has 1 aliphatic heterocycles. The van der Waals surface area contributed by atoms with Gasteiger partial charge < -0.3 is 5.32 Å². The van der Waals surface area contributed by atoms with Crippen molar-refractivity contribution in [3.63, 3.8) is 0 Å². The van der Waals surface area contributed by atoms with Gasteiger partial charge in [0.05, 0.1) is 0 Å². The molecule has 0 aromatic heterocycles. The molecule has 2 aliphatic rings. The predicted octanol–water partition coefficient (Wildman–Crippen LogP) is 2.78. The molecule has 92 valence electrons. The highest BCUT2D eigenvalue weighted by Gasteiger charge is 2.50. The highest BCUT2D eigenvalue weighted by Crippen LogP contribution is 2.44. The summed E-state index contributed by atoms with van der Waals surface area (Å²) in [6.45, 7) is 0. The van der Waals surface area contributed by atoms with Gasteiger partial charge in [-0.2, -0.15) is 13.2 Å². The number of carbonyl (C=O) groups is 1. The summed E-state index contributed by atoms with van der Waals surface area (Å²) in [5.74, 6) is -0.767. The van der Waals surface area contributed by atoms with Crippen molar-refractivity contribution in [2.75, 3.05) is 0 Å². The maximum Gasteiger partial charge on any atom is 0.389 e. The van der Waals surface area contributed by atoms with E-state index in [-0.39, 0.29) is 12.3 Å². The Kier molecular flexibility index (Phi) is 2.88. The molecule has 0 radical (unpaired) electrons. The molecule has 5 heteroatoms. The summed E-state index contributed by atoms with van der Waals surface area (Å²) in [7, 11) is 0. The fraction of sp³-hybridized carbons (Fsp3) is 0.909. The summed E-state index contributed by atoms with van der Waals surface area (Å²) >= 11 is 0. The van der Waals surface area contributed by atoms with Gasteiger partial charge in [0.2, 0.25) is 5.91 Å². The van der Waals surface area contributed by atoms with E-state index in [0.717, 1.165) is 19.3 Å². The molecule has 1 amide bonds. The quantitative estimate of drug-likeness (QED) is 0.744. The first-order valence-corrected chi connectivity index (χ1v) is 5.79. The second-order valence-electron chi connectivity index (χ2n) is 4.99. The van der Waals surface area contributed by atoms with Crippen LogP contribution in [-0.2, 0) is 4.79 Å². The van der Waals surface area contributed by atoms with Crippen LogP contribution in [0.3, 0.4) is 0 Å². The first-order chi connectivity index (χ1) is 7.41. The van der Waals surface area contributed by atoms with E-state index in [1.165, 1.54) is 0 Å². The topological polar surface area (TPSA) is 29.1 Å². The molecule has 1 N–H and O–H groups in total. The van der Waals surface area contributed by atoms with Crippen molar-refractivity contribution in [1.82, 2.24) is 5.32 Å². The van der Waals surface area contributed by atoms with E-state index in [0.29, 0.717) is 12.8 Å². The average Bonchev–Trinajstić information content (AvgIpc) is 2.41. The second kappa shape index (κ2) is 3.93. The monoisotopic (exact) mass is 235 g/mol. The fourth-order valence-corrected chi connectivity index (χ4v) is 3.11. The number of alkyl halides is 3. The Morgan fingerprint density at radius 2 is 1.88 bits per heavy atom. The van der Waals surface area contributed by atoms with Crippen molar-refractivity contribution in [3.05, 3.63) is 0 Å². The number of amides is 1. The molecule has 2 nitrogen and oxygen atoms in total. The minimum absolute atomic E-state index is 0.0412. The van der Waals surface area contributed by atoms with Crippen LogP contribution in [0.2, 0.25) is 0 Å². The number of halogens is 3. The van der Waals surface area contributed by atoms with E-state index in [2.05, 4.69) is 5.32 Å². The summed E-state index contributed by atoms with van der Waals surface area (Å²) in [6, 6.07) is 0. The molecule has 16 heavy (non-hydrogen) atoms. The third-order valence-corrected chi connectivity index (χ3v) is 3.83. The molecule has 0 aromatic rings. The molecule has 1 atom stereocenters. The Balaban J connectivity index is 2.12. The molecule has 1 unspecified atom stereocenters. The van der Waals surface area contributed by atoms with E-state index in [1.54, 1.807) is 0 Å². The first-order valence-electron chi connectivity index (χ1n) is 5.79. The van der Waals surface area contributed by atoms with Gasteiger partial charge in [-0.15, -0.1) is 0 Å². The third kappa shape index (κ3) is 2.33. The molecular formula is C11H16F3NO. The number of rotatable bonds is 1. The number of hydrogen-bond acceptors (Lipinski definition) is 1. The van der Waals surface area contributed by atoms with Crippen LogP contribution in [0.1, 0.15) is 44.9 Å². The van der Waals surface area contributed by atoms with Crippen molar-refractivity contribution in [3.8, 4) is 0 Å². The molecule has 0 bridgehead atoms. The fourth-order valence-electron chi connectivity index (χ4n) is 3.11. The van der Waals surface area contributed by atoms with Crippen molar-refractivity contribution < 1.29 is 18.0 Å². The number of nitrogens with one attached hydrogen (secondary N) is 1. The van der Waals surface area contributed by atoms with Gasteiger partial charge in [-0.25, -0.2) is 0 Å². The van der Waals surface area contributed by atoms with E-state index in [9.17, 15) is 18.0 Å². The van der Waals surface area contributed by atoms with Gasteiger partial charge in [-0.3, -0.25) is 4.79 Å². The van der Waals surface area contributed by atoms with Gasteiger partial charge in [-0.1, -0.05) is 19.3 Å². The smallest absolute Gasteiger partial charge is 0.350 e. The molecule has 1 saturated carbocycles. The SMILES string of the molecule is O=C1CC(CC(F)(F)F)C2(CCCCC2)N1. The van der Waals surface area contributed by atoms with Crippen LogP contribution in [-0.4, -0.2) is 17.6 Å².